The number of pyridine rings is 2. The fourth-order valence-corrected chi connectivity index (χ4v) is 1.61. The quantitative estimate of drug-likeness (QED) is 0.888. The van der Waals surface area contributed by atoms with Crippen molar-refractivity contribution in [2.24, 2.45) is 0 Å². The molecule has 0 aliphatic rings. The van der Waals surface area contributed by atoms with Gasteiger partial charge in [-0.15, -0.1) is 0 Å². The first-order valence-electron chi connectivity index (χ1n) is 5.68. The third-order valence-electron chi connectivity index (χ3n) is 2.47. The number of aromatic nitrogens is 2. The number of amides is 1. The van der Waals surface area contributed by atoms with Gasteiger partial charge in [-0.1, -0.05) is 6.07 Å². The summed E-state index contributed by atoms with van der Waals surface area (Å²) in [6.45, 7) is 1.82. The monoisotopic (exact) mass is 260 g/mol. The number of halogens is 1. The summed E-state index contributed by atoms with van der Waals surface area (Å²) in [6.07, 6.45) is 1.05. The summed E-state index contributed by atoms with van der Waals surface area (Å²) in [5, 5.41) is 5.35. The minimum atomic E-state index is -0.568. The van der Waals surface area contributed by atoms with Crippen molar-refractivity contribution in [1.29, 1.82) is 0 Å². The summed E-state index contributed by atoms with van der Waals surface area (Å²) in [7, 11) is 1.61. The first kappa shape index (κ1) is 12.9. The highest BCUT2D eigenvalue weighted by Gasteiger charge is 2.14. The van der Waals surface area contributed by atoms with E-state index in [0.29, 0.717) is 11.6 Å². The molecule has 0 spiro atoms. The Morgan fingerprint density at radius 1 is 1.37 bits per heavy atom. The summed E-state index contributed by atoms with van der Waals surface area (Å²) in [5.41, 5.74) is 0.912. The van der Waals surface area contributed by atoms with Gasteiger partial charge in [-0.2, -0.15) is 0 Å². The first-order chi connectivity index (χ1) is 9.10. The van der Waals surface area contributed by atoms with Crippen molar-refractivity contribution in [1.82, 2.24) is 9.97 Å². The van der Waals surface area contributed by atoms with E-state index in [2.05, 4.69) is 20.6 Å². The molecule has 1 amide bonds. The topological polar surface area (TPSA) is 66.9 Å². The van der Waals surface area contributed by atoms with Crippen LogP contribution in [0.1, 0.15) is 16.1 Å². The summed E-state index contributed by atoms with van der Waals surface area (Å²) in [4.78, 5) is 20.0. The van der Waals surface area contributed by atoms with Crippen molar-refractivity contribution in [2.75, 3.05) is 17.7 Å². The molecule has 0 aliphatic carbocycles. The number of hydrogen-bond acceptors (Lipinski definition) is 4. The summed E-state index contributed by atoms with van der Waals surface area (Å²) >= 11 is 0. The summed E-state index contributed by atoms with van der Waals surface area (Å²) in [6, 6.07) is 6.39. The van der Waals surface area contributed by atoms with Gasteiger partial charge in [-0.05, 0) is 25.1 Å². The lowest BCUT2D eigenvalue weighted by molar-refractivity contribution is 0.102. The lowest BCUT2D eigenvalue weighted by Gasteiger charge is -2.08. The second kappa shape index (κ2) is 5.43. The lowest BCUT2D eigenvalue weighted by atomic mass is 10.2. The van der Waals surface area contributed by atoms with E-state index in [1.54, 1.807) is 19.2 Å². The third-order valence-corrected chi connectivity index (χ3v) is 2.47. The maximum atomic E-state index is 13.2. The van der Waals surface area contributed by atoms with Gasteiger partial charge in [0.25, 0.3) is 5.91 Å². The van der Waals surface area contributed by atoms with E-state index in [0.717, 1.165) is 18.0 Å². The Morgan fingerprint density at radius 2 is 2.16 bits per heavy atom. The zero-order chi connectivity index (χ0) is 13.8. The van der Waals surface area contributed by atoms with Crippen molar-refractivity contribution < 1.29 is 9.18 Å². The van der Waals surface area contributed by atoms with E-state index in [-0.39, 0.29) is 5.56 Å². The van der Waals surface area contributed by atoms with Crippen LogP contribution < -0.4 is 10.6 Å². The van der Waals surface area contributed by atoms with Gasteiger partial charge in [-0.3, -0.25) is 4.79 Å². The molecule has 2 aromatic heterocycles. The van der Waals surface area contributed by atoms with Crippen LogP contribution in [0.25, 0.3) is 0 Å². The minimum Gasteiger partial charge on any atom is -0.372 e. The SMILES string of the molecule is CNc1ncc(F)cc1C(=O)Nc1cccc(C)n1. The van der Waals surface area contributed by atoms with Crippen LogP contribution in [0.4, 0.5) is 16.0 Å². The van der Waals surface area contributed by atoms with E-state index in [1.807, 2.05) is 13.0 Å². The van der Waals surface area contributed by atoms with Gasteiger partial charge in [-0.25, -0.2) is 14.4 Å². The molecule has 19 heavy (non-hydrogen) atoms. The molecule has 98 valence electrons. The highest BCUT2D eigenvalue weighted by molar-refractivity contribution is 6.07. The predicted octanol–water partition coefficient (Wildman–Crippen LogP) is 2.22. The number of aryl methyl sites for hydroxylation is 1. The average molecular weight is 260 g/mol. The molecule has 0 fully saturated rings. The van der Waals surface area contributed by atoms with Crippen LogP contribution in [0.2, 0.25) is 0 Å². The second-order valence-electron chi connectivity index (χ2n) is 3.92. The molecule has 0 saturated heterocycles. The van der Waals surface area contributed by atoms with Crippen LogP contribution in [0.15, 0.2) is 30.5 Å². The smallest absolute Gasteiger partial charge is 0.260 e. The van der Waals surface area contributed by atoms with Crippen molar-refractivity contribution in [3.8, 4) is 0 Å². The van der Waals surface area contributed by atoms with Crippen molar-refractivity contribution in [2.45, 2.75) is 6.92 Å². The Labute approximate surface area is 109 Å². The Morgan fingerprint density at radius 3 is 2.84 bits per heavy atom. The molecule has 0 unspecified atom stereocenters. The number of anilines is 2. The molecule has 0 radical (unpaired) electrons. The molecular weight excluding hydrogens is 247 g/mol. The molecule has 0 aliphatic heterocycles. The van der Waals surface area contributed by atoms with E-state index in [9.17, 15) is 9.18 Å². The van der Waals surface area contributed by atoms with Gasteiger partial charge in [0.1, 0.15) is 17.5 Å². The largest absolute Gasteiger partial charge is 0.372 e. The fraction of sp³-hybridized carbons (Fsp3) is 0.154. The van der Waals surface area contributed by atoms with Crippen LogP contribution in [0.3, 0.4) is 0 Å². The molecule has 6 heteroatoms. The number of carbonyl (C=O) groups excluding carboxylic acids is 1. The predicted molar refractivity (Wildman–Crippen MR) is 70.7 cm³/mol. The van der Waals surface area contributed by atoms with Crippen molar-refractivity contribution >= 4 is 17.5 Å². The Bertz CT molecular complexity index is 615. The van der Waals surface area contributed by atoms with Gasteiger partial charge in [0.15, 0.2) is 0 Å². The van der Waals surface area contributed by atoms with Crippen LogP contribution in [0, 0.1) is 12.7 Å². The van der Waals surface area contributed by atoms with Crippen LogP contribution in [0.5, 0.6) is 0 Å². The molecule has 5 nitrogen and oxygen atoms in total. The van der Waals surface area contributed by atoms with Gasteiger partial charge in [0, 0.05) is 12.7 Å². The standard InChI is InChI=1S/C13H13FN4O/c1-8-4-3-5-11(17-8)18-13(19)10-6-9(14)7-16-12(10)15-2/h3-7H,1-2H3,(H,15,16)(H,17,18,19). The first-order valence-corrected chi connectivity index (χ1v) is 5.68. The maximum absolute atomic E-state index is 13.2. The second-order valence-corrected chi connectivity index (χ2v) is 3.92. The van der Waals surface area contributed by atoms with Crippen LogP contribution in [-0.2, 0) is 0 Å². The summed E-state index contributed by atoms with van der Waals surface area (Å²) in [5.74, 6) is -0.307. The highest BCUT2D eigenvalue weighted by atomic mass is 19.1. The van der Waals surface area contributed by atoms with Crippen molar-refractivity contribution in [3.63, 3.8) is 0 Å². The molecule has 0 atom stereocenters. The molecule has 0 aromatic carbocycles. The Hall–Kier alpha value is -2.50. The number of hydrogen-bond donors (Lipinski definition) is 2. The Balaban J connectivity index is 2.27. The zero-order valence-electron chi connectivity index (χ0n) is 10.6. The molecule has 0 bridgehead atoms. The van der Waals surface area contributed by atoms with Crippen LogP contribution in [-0.4, -0.2) is 22.9 Å². The Kier molecular flexibility index (Phi) is 3.70. The molecule has 2 N–H and O–H groups in total. The average Bonchev–Trinajstić information content (AvgIpc) is 2.38. The molecular formula is C13H13FN4O. The summed E-state index contributed by atoms with van der Waals surface area (Å²) < 4.78 is 13.2. The van der Waals surface area contributed by atoms with Gasteiger partial charge in [0.2, 0.25) is 0 Å². The van der Waals surface area contributed by atoms with E-state index in [1.165, 1.54) is 0 Å². The van der Waals surface area contributed by atoms with Crippen LogP contribution >= 0.6 is 0 Å². The molecule has 2 aromatic rings. The van der Waals surface area contributed by atoms with E-state index < -0.39 is 11.7 Å². The van der Waals surface area contributed by atoms with Gasteiger partial charge < -0.3 is 10.6 Å². The number of carbonyl (C=O) groups is 1. The fourth-order valence-electron chi connectivity index (χ4n) is 1.61. The third kappa shape index (κ3) is 3.04. The number of nitrogens with zero attached hydrogens (tertiary/aromatic N) is 2. The lowest BCUT2D eigenvalue weighted by Crippen LogP contribution is -2.16. The normalized spacial score (nSPS) is 10.1. The van der Waals surface area contributed by atoms with E-state index >= 15 is 0 Å². The maximum Gasteiger partial charge on any atom is 0.260 e. The molecule has 2 heterocycles. The van der Waals surface area contributed by atoms with E-state index in [4.69, 9.17) is 0 Å². The minimum absolute atomic E-state index is 0.130. The number of nitrogens with one attached hydrogen (secondary N) is 2. The van der Waals surface area contributed by atoms with Crippen molar-refractivity contribution in [3.05, 3.63) is 47.5 Å². The number of rotatable bonds is 3. The molecule has 0 saturated carbocycles. The highest BCUT2D eigenvalue weighted by Crippen LogP contribution is 2.15. The zero-order valence-corrected chi connectivity index (χ0v) is 10.6. The van der Waals surface area contributed by atoms with Gasteiger partial charge in [0.05, 0.1) is 11.8 Å². The molecule has 2 rings (SSSR count). The van der Waals surface area contributed by atoms with Gasteiger partial charge >= 0.3 is 0 Å².